The zero-order valence-electron chi connectivity index (χ0n) is 19.7. The van der Waals surface area contributed by atoms with E-state index in [9.17, 15) is 18.0 Å². The molecule has 35 heavy (non-hydrogen) atoms. The maximum absolute atomic E-state index is 12.7. The van der Waals surface area contributed by atoms with Crippen LogP contribution in [0.4, 0.5) is 13.2 Å². The lowest BCUT2D eigenvalue weighted by molar-refractivity contribution is -0.134. The van der Waals surface area contributed by atoms with Crippen molar-refractivity contribution >= 4 is 22.8 Å². The van der Waals surface area contributed by atoms with Crippen molar-refractivity contribution in [3.63, 3.8) is 0 Å². The van der Waals surface area contributed by atoms with Crippen molar-refractivity contribution in [2.75, 3.05) is 13.1 Å². The van der Waals surface area contributed by atoms with Gasteiger partial charge in [0.15, 0.2) is 0 Å². The van der Waals surface area contributed by atoms with E-state index in [-0.39, 0.29) is 18.4 Å². The number of aromatic nitrogens is 2. The van der Waals surface area contributed by atoms with E-state index in [1.54, 1.807) is 18.3 Å². The zero-order chi connectivity index (χ0) is 24.8. The first kappa shape index (κ1) is 25.6. The van der Waals surface area contributed by atoms with Gasteiger partial charge in [-0.15, -0.1) is 11.3 Å². The number of nitrogens with one attached hydrogen (secondary N) is 1. The van der Waals surface area contributed by atoms with Gasteiger partial charge >= 0.3 is 6.18 Å². The molecule has 1 amide bonds. The largest absolute Gasteiger partial charge is 0.404 e. The summed E-state index contributed by atoms with van der Waals surface area (Å²) in [5.41, 5.74) is 7.61. The van der Waals surface area contributed by atoms with Crippen molar-refractivity contribution in [1.82, 2.24) is 20.2 Å². The lowest BCUT2D eigenvalue weighted by atomic mass is 9.84. The second-order valence-corrected chi connectivity index (χ2v) is 10.6. The number of nitrogens with two attached hydrogens (primary N) is 1. The van der Waals surface area contributed by atoms with Gasteiger partial charge in [0.1, 0.15) is 0 Å². The molecular weight excluding hydrogens is 475 g/mol. The van der Waals surface area contributed by atoms with Gasteiger partial charge in [0.2, 0.25) is 0 Å². The standard InChI is InChI=1S/C25H32F3N5OS/c26-25(27,28)11-8-23-32-21-16-33(14-10-22(21)35-23)13-9-17-4-6-18(7-5-17)31-24(34)19(15-29)20-3-1-2-12-30-20/h1-3,12,15,17-18H,4-11,13-14,16,29H2,(H,31,34). The van der Waals surface area contributed by atoms with Gasteiger partial charge in [-0.1, -0.05) is 6.07 Å². The van der Waals surface area contributed by atoms with E-state index in [2.05, 4.69) is 20.2 Å². The highest BCUT2D eigenvalue weighted by Crippen LogP contribution is 2.31. The van der Waals surface area contributed by atoms with Crippen molar-refractivity contribution in [1.29, 1.82) is 0 Å². The molecular formula is C25H32F3N5OS. The van der Waals surface area contributed by atoms with Crippen LogP contribution >= 0.6 is 11.3 Å². The van der Waals surface area contributed by atoms with Crippen LogP contribution in [0.1, 0.15) is 59.8 Å². The van der Waals surface area contributed by atoms with Crippen LogP contribution in [0, 0.1) is 5.92 Å². The summed E-state index contributed by atoms with van der Waals surface area (Å²) in [6, 6.07) is 5.54. The molecule has 2 aromatic rings. The van der Waals surface area contributed by atoms with Crippen molar-refractivity contribution < 1.29 is 18.0 Å². The number of thiazole rings is 1. The third-order valence-electron chi connectivity index (χ3n) is 6.86. The summed E-state index contributed by atoms with van der Waals surface area (Å²) in [6.07, 6.45) is 3.95. The molecule has 0 radical (unpaired) electrons. The average Bonchev–Trinajstić information content (AvgIpc) is 3.25. The average molecular weight is 508 g/mol. The maximum atomic E-state index is 12.7. The van der Waals surface area contributed by atoms with Crippen LogP contribution in [0.3, 0.4) is 0 Å². The third kappa shape index (κ3) is 7.27. The first-order chi connectivity index (χ1) is 16.8. The Kier molecular flexibility index (Phi) is 8.43. The second-order valence-electron chi connectivity index (χ2n) is 9.39. The molecule has 0 spiro atoms. The quantitative estimate of drug-likeness (QED) is 0.516. The fraction of sp³-hybridized carbons (Fsp3) is 0.560. The molecule has 0 atom stereocenters. The number of amides is 1. The molecule has 1 fully saturated rings. The van der Waals surface area contributed by atoms with Crippen molar-refractivity contribution in [2.24, 2.45) is 11.7 Å². The molecule has 0 saturated heterocycles. The molecule has 10 heteroatoms. The van der Waals surface area contributed by atoms with E-state index in [0.717, 1.165) is 68.7 Å². The lowest BCUT2D eigenvalue weighted by Gasteiger charge is -2.32. The van der Waals surface area contributed by atoms with Gasteiger partial charge in [-0.05, 0) is 63.1 Å². The Hall–Kier alpha value is -2.46. The zero-order valence-corrected chi connectivity index (χ0v) is 20.5. The third-order valence-corrected chi connectivity index (χ3v) is 8.08. The van der Waals surface area contributed by atoms with E-state index >= 15 is 0 Å². The number of alkyl halides is 3. The smallest absolute Gasteiger partial charge is 0.389 e. The van der Waals surface area contributed by atoms with Crippen LogP contribution in [0.2, 0.25) is 0 Å². The topological polar surface area (TPSA) is 84.1 Å². The van der Waals surface area contributed by atoms with Crippen molar-refractivity contribution in [2.45, 2.75) is 70.1 Å². The number of halogens is 3. The minimum atomic E-state index is -4.14. The highest BCUT2D eigenvalue weighted by molar-refractivity contribution is 7.11. The molecule has 2 aromatic heterocycles. The number of nitrogens with zero attached hydrogens (tertiary/aromatic N) is 3. The van der Waals surface area contributed by atoms with E-state index in [0.29, 0.717) is 22.2 Å². The van der Waals surface area contributed by atoms with Crippen LogP contribution in [0.25, 0.3) is 5.57 Å². The first-order valence-corrected chi connectivity index (χ1v) is 13.0. The van der Waals surface area contributed by atoms with Crippen LogP contribution in [0.15, 0.2) is 30.6 Å². The number of pyridine rings is 1. The van der Waals surface area contributed by atoms with Gasteiger partial charge in [-0.2, -0.15) is 13.2 Å². The Balaban J connectivity index is 1.18. The molecule has 3 N–H and O–H groups in total. The normalized spacial score (nSPS) is 21.5. The SMILES string of the molecule is NC=C(C(=O)NC1CCC(CCN2CCc3sc(CCC(F)(F)F)nc3C2)CC1)c1ccccn1. The fourth-order valence-corrected chi connectivity index (χ4v) is 5.94. The molecule has 1 saturated carbocycles. The second kappa shape index (κ2) is 11.5. The number of rotatable bonds is 8. The monoisotopic (exact) mass is 507 g/mol. The van der Waals surface area contributed by atoms with Crippen LogP contribution < -0.4 is 11.1 Å². The molecule has 1 aliphatic carbocycles. The number of fused-ring (bicyclic) bond motifs is 1. The molecule has 1 aliphatic heterocycles. The lowest BCUT2D eigenvalue weighted by Crippen LogP contribution is -2.39. The van der Waals surface area contributed by atoms with E-state index < -0.39 is 12.6 Å². The molecule has 2 aliphatic rings. The van der Waals surface area contributed by atoms with Gasteiger partial charge in [0, 0.05) is 49.2 Å². The van der Waals surface area contributed by atoms with E-state index in [1.807, 2.05) is 6.07 Å². The predicted octanol–water partition coefficient (Wildman–Crippen LogP) is 4.46. The predicted molar refractivity (Wildman–Crippen MR) is 130 cm³/mol. The maximum Gasteiger partial charge on any atom is 0.389 e. The Labute approximate surface area is 207 Å². The summed E-state index contributed by atoms with van der Waals surface area (Å²) in [5.74, 6) is 0.430. The van der Waals surface area contributed by atoms with Crippen molar-refractivity contribution in [3.8, 4) is 0 Å². The molecule has 3 heterocycles. The van der Waals surface area contributed by atoms with Crippen molar-refractivity contribution in [3.05, 3.63) is 51.9 Å². The summed E-state index contributed by atoms with van der Waals surface area (Å²) >= 11 is 1.44. The Morgan fingerprint density at radius 3 is 2.74 bits per heavy atom. The van der Waals surface area contributed by atoms with Gasteiger partial charge < -0.3 is 11.1 Å². The first-order valence-electron chi connectivity index (χ1n) is 12.2. The van der Waals surface area contributed by atoms with Crippen LogP contribution in [-0.4, -0.2) is 46.1 Å². The van der Waals surface area contributed by atoms with E-state index in [4.69, 9.17) is 5.73 Å². The van der Waals surface area contributed by atoms with E-state index in [1.165, 1.54) is 17.5 Å². The minimum absolute atomic E-state index is 0.0224. The van der Waals surface area contributed by atoms with Gasteiger partial charge in [0.25, 0.3) is 5.91 Å². The number of carbonyl (C=O) groups is 1. The molecule has 0 aromatic carbocycles. The summed E-state index contributed by atoms with van der Waals surface area (Å²) in [4.78, 5) is 24.9. The minimum Gasteiger partial charge on any atom is -0.404 e. The van der Waals surface area contributed by atoms with Gasteiger partial charge in [0.05, 0.1) is 22.0 Å². The number of hydrogen-bond acceptors (Lipinski definition) is 6. The van der Waals surface area contributed by atoms with Gasteiger partial charge in [-0.3, -0.25) is 14.7 Å². The molecule has 0 bridgehead atoms. The number of aryl methyl sites for hydroxylation is 1. The van der Waals surface area contributed by atoms with Crippen LogP contribution in [0.5, 0.6) is 0 Å². The summed E-state index contributed by atoms with van der Waals surface area (Å²) in [5, 5.41) is 3.71. The Bertz CT molecular complexity index is 1020. The highest BCUT2D eigenvalue weighted by atomic mass is 32.1. The summed E-state index contributed by atoms with van der Waals surface area (Å²) in [7, 11) is 0. The highest BCUT2D eigenvalue weighted by Gasteiger charge is 2.29. The molecule has 6 nitrogen and oxygen atoms in total. The van der Waals surface area contributed by atoms with Crippen LogP contribution in [-0.2, 0) is 24.2 Å². The Morgan fingerprint density at radius 1 is 1.26 bits per heavy atom. The summed E-state index contributed by atoms with van der Waals surface area (Å²) in [6.45, 7) is 2.63. The Morgan fingerprint density at radius 2 is 2.06 bits per heavy atom. The number of carbonyl (C=O) groups excluding carboxylic acids is 1. The molecule has 4 rings (SSSR count). The fourth-order valence-electron chi connectivity index (χ4n) is 4.88. The summed E-state index contributed by atoms with van der Waals surface area (Å²) < 4.78 is 37.5. The number of hydrogen-bond donors (Lipinski definition) is 2. The molecule has 190 valence electrons. The molecule has 0 unspecified atom stereocenters. The van der Waals surface area contributed by atoms with Gasteiger partial charge in [-0.25, -0.2) is 4.98 Å².